The van der Waals surface area contributed by atoms with E-state index in [0.29, 0.717) is 6.42 Å². The van der Waals surface area contributed by atoms with Gasteiger partial charge in [-0.2, -0.15) is 0 Å². The van der Waals surface area contributed by atoms with Crippen LogP contribution >= 0.6 is 31.9 Å². The lowest BCUT2D eigenvalue weighted by Gasteiger charge is -2.05. The summed E-state index contributed by atoms with van der Waals surface area (Å²) in [6, 6.07) is 14.0. The third kappa shape index (κ3) is 3.65. The molecule has 0 aliphatic rings. The maximum Gasteiger partial charge on any atom is 0.156 e. The van der Waals surface area contributed by atoms with Gasteiger partial charge in [0.15, 0.2) is 5.78 Å². The van der Waals surface area contributed by atoms with Crippen LogP contribution in [0.5, 0.6) is 0 Å². The smallest absolute Gasteiger partial charge is 0.156 e. The van der Waals surface area contributed by atoms with Crippen LogP contribution in [0.2, 0.25) is 0 Å². The van der Waals surface area contributed by atoms with Crippen molar-refractivity contribution in [3.63, 3.8) is 0 Å². The fraction of sp³-hybridized carbons (Fsp3) is 0.105. The number of aromatic nitrogens is 1. The number of ketones is 1. The molecule has 0 atom stereocenters. The van der Waals surface area contributed by atoms with Crippen LogP contribution in [0.25, 0.3) is 17.0 Å². The van der Waals surface area contributed by atoms with E-state index in [2.05, 4.69) is 42.9 Å². The molecule has 1 heterocycles. The van der Waals surface area contributed by atoms with Gasteiger partial charge in [-0.1, -0.05) is 50.1 Å². The molecule has 3 rings (SSSR count). The molecule has 0 bridgehead atoms. The summed E-state index contributed by atoms with van der Waals surface area (Å²) in [6.45, 7) is 1.62. The summed E-state index contributed by atoms with van der Waals surface area (Å²) in [4.78, 5) is 15.4. The number of carbonyl (C=O) groups excluding carboxylic acids is 1. The van der Waals surface area contributed by atoms with Crippen molar-refractivity contribution >= 4 is 54.6 Å². The van der Waals surface area contributed by atoms with Crippen LogP contribution in [-0.4, -0.2) is 10.8 Å². The van der Waals surface area contributed by atoms with Gasteiger partial charge in [0.05, 0.1) is 0 Å². The molecule has 0 saturated carbocycles. The molecule has 0 saturated heterocycles. The number of nitrogens with one attached hydrogen (secondary N) is 1. The van der Waals surface area contributed by atoms with Crippen LogP contribution < -0.4 is 0 Å². The van der Waals surface area contributed by atoms with E-state index >= 15 is 0 Å². The molecule has 1 N–H and O–H groups in total. The largest absolute Gasteiger partial charge is 0.361 e. The van der Waals surface area contributed by atoms with Gasteiger partial charge >= 0.3 is 0 Å². The minimum absolute atomic E-state index is 0.0881. The number of benzene rings is 2. The standard InChI is InChI=1S/C19H15Br2NO/c1-12(23)14(8-13-4-2-3-5-18(13)21)9-15-11-22-19-7-6-16(20)10-17(15)19/h2-8,10-11,22H,9H2,1H3/b14-8+. The zero-order valence-corrected chi connectivity index (χ0v) is 15.7. The molecule has 0 aliphatic carbocycles. The lowest BCUT2D eigenvalue weighted by Crippen LogP contribution is -2.00. The number of fused-ring (bicyclic) bond motifs is 1. The van der Waals surface area contributed by atoms with Crippen molar-refractivity contribution in [1.82, 2.24) is 4.98 Å². The molecule has 116 valence electrons. The average Bonchev–Trinajstić information content (AvgIpc) is 2.91. The number of carbonyl (C=O) groups is 1. The summed E-state index contributed by atoms with van der Waals surface area (Å²) in [5, 5.41) is 1.14. The van der Waals surface area contributed by atoms with E-state index < -0.39 is 0 Å². The van der Waals surface area contributed by atoms with Crippen molar-refractivity contribution in [2.24, 2.45) is 0 Å². The van der Waals surface area contributed by atoms with E-state index in [1.807, 2.05) is 48.7 Å². The minimum atomic E-state index is 0.0881. The van der Waals surface area contributed by atoms with Crippen LogP contribution in [0.4, 0.5) is 0 Å². The lowest BCUT2D eigenvalue weighted by molar-refractivity contribution is -0.113. The Hall–Kier alpha value is -1.65. The Balaban J connectivity index is 2.01. The first kappa shape index (κ1) is 16.2. The highest BCUT2D eigenvalue weighted by atomic mass is 79.9. The Morgan fingerprint density at radius 2 is 1.96 bits per heavy atom. The second-order valence-electron chi connectivity index (χ2n) is 5.43. The zero-order chi connectivity index (χ0) is 16.4. The van der Waals surface area contributed by atoms with E-state index in [4.69, 9.17) is 0 Å². The Morgan fingerprint density at radius 1 is 1.17 bits per heavy atom. The van der Waals surface area contributed by atoms with Gasteiger partial charge in [0.1, 0.15) is 0 Å². The van der Waals surface area contributed by atoms with Crippen LogP contribution in [0.3, 0.4) is 0 Å². The fourth-order valence-corrected chi connectivity index (χ4v) is 3.32. The fourth-order valence-electron chi connectivity index (χ4n) is 2.56. The number of hydrogen-bond acceptors (Lipinski definition) is 1. The molecule has 0 spiro atoms. The first-order valence-electron chi connectivity index (χ1n) is 7.26. The van der Waals surface area contributed by atoms with E-state index in [9.17, 15) is 4.79 Å². The van der Waals surface area contributed by atoms with E-state index in [1.165, 1.54) is 0 Å². The molecule has 1 aromatic heterocycles. The average molecular weight is 433 g/mol. The van der Waals surface area contributed by atoms with Crippen LogP contribution in [0.1, 0.15) is 18.1 Å². The third-order valence-corrected chi connectivity index (χ3v) is 5.01. The monoisotopic (exact) mass is 431 g/mol. The molecule has 0 unspecified atom stereocenters. The minimum Gasteiger partial charge on any atom is -0.361 e. The van der Waals surface area contributed by atoms with Crippen molar-refractivity contribution in [2.45, 2.75) is 13.3 Å². The summed E-state index contributed by atoms with van der Waals surface area (Å²) in [5.41, 5.74) is 4.00. The number of Topliss-reactive ketones (excluding diaryl/α,β-unsaturated/α-hetero) is 1. The van der Waals surface area contributed by atoms with E-state index in [1.54, 1.807) is 6.92 Å². The van der Waals surface area contributed by atoms with Crippen molar-refractivity contribution in [3.05, 3.63) is 74.3 Å². The SMILES string of the molecule is CC(=O)/C(=C/c1ccccc1Br)Cc1c[nH]c2ccc(Br)cc12. The molecule has 2 nitrogen and oxygen atoms in total. The van der Waals surface area contributed by atoms with Gasteiger partial charge < -0.3 is 4.98 Å². The molecule has 23 heavy (non-hydrogen) atoms. The second kappa shape index (κ2) is 6.85. The predicted octanol–water partition coefficient (Wildman–Crippen LogP) is 5.91. The molecular formula is C19H15Br2NO. The van der Waals surface area contributed by atoms with Crippen LogP contribution in [-0.2, 0) is 11.2 Å². The topological polar surface area (TPSA) is 32.9 Å². The molecule has 0 amide bonds. The van der Waals surface area contributed by atoms with Crippen LogP contribution in [0, 0.1) is 0 Å². The number of rotatable bonds is 4. The first-order chi connectivity index (χ1) is 11.0. The maximum absolute atomic E-state index is 12.1. The predicted molar refractivity (Wildman–Crippen MR) is 103 cm³/mol. The van der Waals surface area contributed by atoms with Gasteiger partial charge in [-0.05, 0) is 54.0 Å². The summed E-state index contributed by atoms with van der Waals surface area (Å²) in [6.07, 6.45) is 4.55. The number of aromatic amines is 1. The Kier molecular flexibility index (Phi) is 4.83. The van der Waals surface area contributed by atoms with Gasteiger partial charge in [-0.3, -0.25) is 4.79 Å². The number of H-pyrrole nitrogens is 1. The molecule has 3 aromatic rings. The van der Waals surface area contributed by atoms with E-state index in [0.717, 1.165) is 36.5 Å². The summed E-state index contributed by atoms with van der Waals surface area (Å²) < 4.78 is 2.02. The normalized spacial score (nSPS) is 11.9. The van der Waals surface area contributed by atoms with Crippen molar-refractivity contribution in [2.75, 3.05) is 0 Å². The molecular weight excluding hydrogens is 418 g/mol. The highest BCUT2D eigenvalue weighted by Crippen LogP contribution is 2.26. The quantitative estimate of drug-likeness (QED) is 0.510. The highest BCUT2D eigenvalue weighted by Gasteiger charge is 2.11. The molecule has 2 aromatic carbocycles. The van der Waals surface area contributed by atoms with Crippen molar-refractivity contribution in [1.29, 1.82) is 0 Å². The van der Waals surface area contributed by atoms with Crippen LogP contribution in [0.15, 0.2) is 63.2 Å². The van der Waals surface area contributed by atoms with Gasteiger partial charge in [0, 0.05) is 32.5 Å². The molecule has 4 heteroatoms. The van der Waals surface area contributed by atoms with Crippen molar-refractivity contribution in [3.8, 4) is 0 Å². The highest BCUT2D eigenvalue weighted by molar-refractivity contribution is 9.10. The summed E-state index contributed by atoms with van der Waals surface area (Å²) in [5.74, 6) is 0.0881. The van der Waals surface area contributed by atoms with E-state index in [-0.39, 0.29) is 5.78 Å². The first-order valence-corrected chi connectivity index (χ1v) is 8.85. The molecule has 0 aliphatic heterocycles. The maximum atomic E-state index is 12.1. The summed E-state index contributed by atoms with van der Waals surface area (Å²) in [7, 11) is 0. The summed E-state index contributed by atoms with van der Waals surface area (Å²) >= 11 is 7.04. The molecule has 0 fully saturated rings. The van der Waals surface area contributed by atoms with Crippen molar-refractivity contribution < 1.29 is 4.79 Å². The van der Waals surface area contributed by atoms with Gasteiger partial charge in [0.2, 0.25) is 0 Å². The van der Waals surface area contributed by atoms with Gasteiger partial charge in [-0.25, -0.2) is 0 Å². The Bertz CT molecular complexity index is 909. The second-order valence-corrected chi connectivity index (χ2v) is 7.20. The number of allylic oxidation sites excluding steroid dienone is 1. The Labute approximate surface area is 151 Å². The third-order valence-electron chi connectivity index (χ3n) is 3.80. The Morgan fingerprint density at radius 3 is 2.70 bits per heavy atom. The zero-order valence-electron chi connectivity index (χ0n) is 12.6. The van der Waals surface area contributed by atoms with Gasteiger partial charge in [-0.15, -0.1) is 0 Å². The lowest BCUT2D eigenvalue weighted by atomic mass is 9.99. The number of halogens is 2. The molecule has 0 radical (unpaired) electrons. The number of hydrogen-bond donors (Lipinski definition) is 1. The van der Waals surface area contributed by atoms with Gasteiger partial charge in [0.25, 0.3) is 0 Å².